The third-order valence-corrected chi connectivity index (χ3v) is 8.05. The van der Waals surface area contributed by atoms with Crippen LogP contribution in [-0.4, -0.2) is 39.6 Å². The molecule has 0 unspecified atom stereocenters. The number of nitrogens with zero attached hydrogens (tertiary/aromatic N) is 2. The van der Waals surface area contributed by atoms with Crippen molar-refractivity contribution in [3.63, 3.8) is 0 Å². The van der Waals surface area contributed by atoms with Gasteiger partial charge in [0.25, 0.3) is 21.8 Å². The lowest BCUT2D eigenvalue weighted by Gasteiger charge is -2.23. The number of anilines is 1. The van der Waals surface area contributed by atoms with Gasteiger partial charge in [-0.05, 0) is 77.9 Å². The second kappa shape index (κ2) is 14.5. The summed E-state index contributed by atoms with van der Waals surface area (Å²) < 4.78 is 33.3. The summed E-state index contributed by atoms with van der Waals surface area (Å²) in [5.74, 6) is -0.446. The molecule has 0 spiro atoms. The number of nitrogens with one attached hydrogen (secondary N) is 2. The minimum absolute atomic E-state index is 0.0424. The molecule has 0 aliphatic heterocycles. The lowest BCUT2D eigenvalue weighted by molar-refractivity contribution is -0.123. The molecule has 4 aromatic rings. The van der Waals surface area contributed by atoms with Crippen LogP contribution in [-0.2, 0) is 26.2 Å². The normalized spacial score (nSPS) is 11.2. The highest BCUT2D eigenvalue weighted by molar-refractivity contribution is 7.92. The smallest absolute Gasteiger partial charge is 0.264 e. The molecular weight excluding hydrogens is 599 g/mol. The summed E-state index contributed by atoms with van der Waals surface area (Å²) in [5.41, 5.74) is 4.18. The van der Waals surface area contributed by atoms with Gasteiger partial charge >= 0.3 is 0 Å². The lowest BCUT2D eigenvalue weighted by atomic mass is 10.2. The molecule has 0 radical (unpaired) electrons. The molecule has 0 saturated carbocycles. The number of carbonyl (C=O) groups excluding carboxylic acids is 2. The van der Waals surface area contributed by atoms with E-state index < -0.39 is 22.5 Å². The summed E-state index contributed by atoms with van der Waals surface area (Å²) in [6.07, 6.45) is 1.39. The van der Waals surface area contributed by atoms with Crippen LogP contribution in [0.1, 0.15) is 11.1 Å². The van der Waals surface area contributed by atoms with E-state index >= 15 is 0 Å². The van der Waals surface area contributed by atoms with E-state index in [0.29, 0.717) is 27.9 Å². The van der Waals surface area contributed by atoms with E-state index in [-0.39, 0.29) is 23.1 Å². The number of halogens is 2. The number of rotatable bonds is 12. The molecule has 2 N–H and O–H groups in total. The first-order valence-electron chi connectivity index (χ1n) is 12.6. The second-order valence-electron chi connectivity index (χ2n) is 8.86. The van der Waals surface area contributed by atoms with Crippen molar-refractivity contribution >= 4 is 56.9 Å². The number of carbonyl (C=O) groups is 2. The molecule has 0 saturated heterocycles. The van der Waals surface area contributed by atoms with E-state index in [0.717, 1.165) is 9.87 Å². The standard InChI is InChI=1S/C30H26Cl2N4O5S/c31-24-11-15-28(16-12-24)42(39,40)36(26-8-4-7-25(32)17-26)20-29(37)35-34-19-23-9-13-27(14-10-23)41-21-30(38)33-18-22-5-2-1-3-6-22/h1-17,19H,18,20-21H2,(H,33,38)(H,35,37)/b34-19-. The number of benzene rings is 4. The summed E-state index contributed by atoms with van der Waals surface area (Å²) >= 11 is 12.0. The van der Waals surface area contributed by atoms with Gasteiger partial charge in [-0.25, -0.2) is 13.8 Å². The highest BCUT2D eigenvalue weighted by atomic mass is 35.5. The zero-order valence-corrected chi connectivity index (χ0v) is 24.4. The molecule has 0 aliphatic rings. The molecule has 2 amide bonds. The van der Waals surface area contributed by atoms with Crippen molar-refractivity contribution in [2.45, 2.75) is 11.4 Å². The van der Waals surface area contributed by atoms with E-state index in [1.165, 1.54) is 42.6 Å². The van der Waals surface area contributed by atoms with E-state index in [1.807, 2.05) is 30.3 Å². The lowest BCUT2D eigenvalue weighted by Crippen LogP contribution is -2.39. The Kier molecular flexibility index (Phi) is 10.6. The van der Waals surface area contributed by atoms with Crippen LogP contribution in [0.3, 0.4) is 0 Å². The van der Waals surface area contributed by atoms with Crippen LogP contribution >= 0.6 is 23.2 Å². The second-order valence-corrected chi connectivity index (χ2v) is 11.6. The Balaban J connectivity index is 1.33. The van der Waals surface area contributed by atoms with Crippen molar-refractivity contribution < 1.29 is 22.7 Å². The maximum atomic E-state index is 13.4. The van der Waals surface area contributed by atoms with Gasteiger partial charge in [0.1, 0.15) is 12.3 Å². The predicted molar refractivity (Wildman–Crippen MR) is 163 cm³/mol. The Hall–Kier alpha value is -4.38. The van der Waals surface area contributed by atoms with E-state index in [9.17, 15) is 18.0 Å². The fourth-order valence-corrected chi connectivity index (χ4v) is 5.39. The van der Waals surface area contributed by atoms with Crippen molar-refractivity contribution in [2.75, 3.05) is 17.5 Å². The molecule has 216 valence electrons. The summed E-state index contributed by atoms with van der Waals surface area (Å²) in [4.78, 5) is 24.7. The van der Waals surface area contributed by atoms with Crippen molar-refractivity contribution in [3.8, 4) is 5.75 Å². The number of sulfonamides is 1. The molecule has 4 aromatic carbocycles. The maximum absolute atomic E-state index is 13.4. The van der Waals surface area contributed by atoms with Crippen LogP contribution in [0.2, 0.25) is 10.0 Å². The quantitative estimate of drug-likeness (QED) is 0.169. The number of hydrogen-bond acceptors (Lipinski definition) is 6. The summed E-state index contributed by atoms with van der Waals surface area (Å²) in [7, 11) is -4.13. The van der Waals surface area contributed by atoms with Crippen LogP contribution in [0, 0.1) is 0 Å². The molecule has 4 rings (SSSR count). The van der Waals surface area contributed by atoms with Crippen LogP contribution in [0.4, 0.5) is 5.69 Å². The Labute approximate surface area is 253 Å². The number of hydrogen-bond donors (Lipinski definition) is 2. The first-order chi connectivity index (χ1) is 20.2. The molecule has 0 atom stereocenters. The largest absolute Gasteiger partial charge is 0.484 e. The number of amides is 2. The van der Waals surface area contributed by atoms with Gasteiger partial charge in [-0.15, -0.1) is 0 Å². The molecule has 0 heterocycles. The van der Waals surface area contributed by atoms with Crippen molar-refractivity contribution in [1.29, 1.82) is 0 Å². The van der Waals surface area contributed by atoms with Crippen molar-refractivity contribution in [2.24, 2.45) is 5.10 Å². The maximum Gasteiger partial charge on any atom is 0.264 e. The molecular formula is C30H26Cl2N4O5S. The third-order valence-electron chi connectivity index (χ3n) is 5.77. The highest BCUT2D eigenvalue weighted by Gasteiger charge is 2.27. The van der Waals surface area contributed by atoms with Crippen LogP contribution in [0.25, 0.3) is 0 Å². The summed E-state index contributed by atoms with van der Waals surface area (Å²) in [6.45, 7) is -0.284. The Morgan fingerprint density at radius 2 is 1.55 bits per heavy atom. The Morgan fingerprint density at radius 3 is 2.24 bits per heavy atom. The molecule has 0 aliphatic carbocycles. The van der Waals surface area contributed by atoms with Crippen molar-refractivity contribution in [1.82, 2.24) is 10.7 Å². The molecule has 0 fully saturated rings. The van der Waals surface area contributed by atoms with E-state index in [2.05, 4.69) is 15.8 Å². The van der Waals surface area contributed by atoms with Gasteiger partial charge in [-0.1, -0.05) is 59.6 Å². The Bertz CT molecular complexity index is 1650. The van der Waals surface area contributed by atoms with E-state index in [1.54, 1.807) is 36.4 Å². The van der Waals surface area contributed by atoms with Crippen molar-refractivity contribution in [3.05, 3.63) is 124 Å². The van der Waals surface area contributed by atoms with Gasteiger partial charge in [-0.3, -0.25) is 13.9 Å². The average Bonchev–Trinajstić information content (AvgIpc) is 2.99. The molecule has 9 nitrogen and oxygen atoms in total. The topological polar surface area (TPSA) is 117 Å². The van der Waals surface area contributed by atoms with Gasteiger partial charge in [-0.2, -0.15) is 5.10 Å². The van der Waals surface area contributed by atoms with Crippen LogP contribution in [0.5, 0.6) is 5.75 Å². The third kappa shape index (κ3) is 8.81. The van der Waals surface area contributed by atoms with Gasteiger partial charge in [0, 0.05) is 16.6 Å². The fourth-order valence-electron chi connectivity index (χ4n) is 3.67. The SMILES string of the molecule is O=C(COc1ccc(/C=N\NC(=O)CN(c2cccc(Cl)c2)S(=O)(=O)c2ccc(Cl)cc2)cc1)NCc1ccccc1. The predicted octanol–water partition coefficient (Wildman–Crippen LogP) is 5.03. The average molecular weight is 626 g/mol. The Morgan fingerprint density at radius 1 is 0.833 bits per heavy atom. The van der Waals surface area contributed by atoms with E-state index in [4.69, 9.17) is 27.9 Å². The minimum Gasteiger partial charge on any atom is -0.484 e. The molecule has 0 aromatic heterocycles. The van der Waals surface area contributed by atoms with Gasteiger partial charge in [0.2, 0.25) is 0 Å². The molecule has 0 bridgehead atoms. The zero-order chi connectivity index (χ0) is 30.0. The van der Waals surface area contributed by atoms with Gasteiger partial charge in [0.05, 0.1) is 16.8 Å². The zero-order valence-electron chi connectivity index (χ0n) is 22.1. The number of ether oxygens (including phenoxy) is 1. The first-order valence-corrected chi connectivity index (χ1v) is 14.8. The summed E-state index contributed by atoms with van der Waals surface area (Å²) in [6, 6.07) is 28.0. The highest BCUT2D eigenvalue weighted by Crippen LogP contribution is 2.26. The first kappa shape index (κ1) is 30.6. The monoisotopic (exact) mass is 624 g/mol. The fraction of sp³-hybridized carbons (Fsp3) is 0.100. The van der Waals surface area contributed by atoms with Gasteiger partial charge in [0.15, 0.2) is 6.61 Å². The van der Waals surface area contributed by atoms with Crippen LogP contribution < -0.4 is 19.8 Å². The minimum atomic E-state index is -4.13. The van der Waals surface area contributed by atoms with Crippen LogP contribution in [0.15, 0.2) is 113 Å². The molecule has 42 heavy (non-hydrogen) atoms. The number of hydrazone groups is 1. The molecule has 12 heteroatoms. The summed E-state index contributed by atoms with van der Waals surface area (Å²) in [5, 5.41) is 7.40. The van der Waals surface area contributed by atoms with Gasteiger partial charge < -0.3 is 10.1 Å².